The van der Waals surface area contributed by atoms with E-state index in [1.807, 2.05) is 12.1 Å². The van der Waals surface area contributed by atoms with Crippen LogP contribution in [0.15, 0.2) is 18.2 Å². The molecule has 3 rings (SSSR count). The van der Waals surface area contributed by atoms with E-state index in [4.69, 9.17) is 5.73 Å². The highest BCUT2D eigenvalue weighted by Gasteiger charge is 2.23. The van der Waals surface area contributed by atoms with Crippen molar-refractivity contribution in [2.24, 2.45) is 0 Å². The smallest absolute Gasteiger partial charge is 0.180 e. The van der Waals surface area contributed by atoms with Gasteiger partial charge in [0.1, 0.15) is 5.75 Å². The van der Waals surface area contributed by atoms with Crippen LogP contribution in [-0.4, -0.2) is 16.6 Å². The van der Waals surface area contributed by atoms with Crippen LogP contribution in [-0.2, 0) is 12.8 Å². The fraction of sp³-hybridized carbons (Fsp3) is 0.308. The number of benzene rings is 1. The molecule has 4 N–H and O–H groups in total. The zero-order chi connectivity index (χ0) is 13.4. The predicted octanol–water partition coefficient (Wildman–Crippen LogP) is 2.47. The molecule has 6 heteroatoms. The van der Waals surface area contributed by atoms with E-state index >= 15 is 0 Å². The number of hydrogen-bond acceptors (Lipinski definition) is 5. The van der Waals surface area contributed by atoms with Crippen LogP contribution in [0.3, 0.4) is 0 Å². The highest BCUT2D eigenvalue weighted by atomic mass is 127. The Morgan fingerprint density at radius 3 is 3.16 bits per heavy atom. The Hall–Kier alpha value is -0.860. The zero-order valence-corrected chi connectivity index (χ0v) is 13.2. The summed E-state index contributed by atoms with van der Waals surface area (Å²) in [5.74, 6) is 0.337. The second-order valence-corrected chi connectivity index (χ2v) is 6.83. The number of phenols is 1. The maximum absolute atomic E-state index is 9.56. The van der Waals surface area contributed by atoms with Crippen LogP contribution in [0.1, 0.15) is 22.2 Å². The number of aromatic nitrogens is 1. The zero-order valence-electron chi connectivity index (χ0n) is 10.2. The summed E-state index contributed by atoms with van der Waals surface area (Å²) in [6, 6.07) is 6.02. The van der Waals surface area contributed by atoms with Crippen LogP contribution >= 0.6 is 33.9 Å². The van der Waals surface area contributed by atoms with E-state index in [2.05, 4.69) is 32.9 Å². The standard InChI is InChI=1S/C13H14IN3OS/c14-8-5-7(1-2-11(8)18)6-10-12-9(3-4-16-10)17-13(15)19-12/h1-2,5,10,16,18H,3-4,6H2,(H2,15,17). The van der Waals surface area contributed by atoms with Crippen LogP contribution < -0.4 is 11.1 Å². The molecule has 0 amide bonds. The molecule has 1 aromatic carbocycles. The normalized spacial score (nSPS) is 18.3. The summed E-state index contributed by atoms with van der Waals surface area (Å²) >= 11 is 3.73. The van der Waals surface area contributed by atoms with Crippen LogP contribution in [0.2, 0.25) is 0 Å². The Morgan fingerprint density at radius 1 is 1.53 bits per heavy atom. The van der Waals surface area contributed by atoms with Gasteiger partial charge in [-0.05, 0) is 46.7 Å². The van der Waals surface area contributed by atoms with Crippen LogP contribution in [0.5, 0.6) is 5.75 Å². The van der Waals surface area contributed by atoms with Crippen LogP contribution in [0.4, 0.5) is 5.13 Å². The average Bonchev–Trinajstić information content (AvgIpc) is 2.75. The number of anilines is 1. The van der Waals surface area contributed by atoms with E-state index in [9.17, 15) is 5.11 Å². The Kier molecular flexibility index (Phi) is 3.64. The van der Waals surface area contributed by atoms with Crippen molar-refractivity contribution in [3.05, 3.63) is 37.9 Å². The van der Waals surface area contributed by atoms with Gasteiger partial charge in [-0.15, -0.1) is 11.3 Å². The maximum atomic E-state index is 9.56. The summed E-state index contributed by atoms with van der Waals surface area (Å²) < 4.78 is 0.884. The van der Waals surface area contributed by atoms with Crippen molar-refractivity contribution in [2.45, 2.75) is 18.9 Å². The van der Waals surface area contributed by atoms with Gasteiger partial charge < -0.3 is 16.2 Å². The number of phenolic OH excluding ortho intramolecular Hbond substituents is 1. The van der Waals surface area contributed by atoms with Gasteiger partial charge in [-0.2, -0.15) is 0 Å². The van der Waals surface area contributed by atoms with Gasteiger partial charge in [0.15, 0.2) is 5.13 Å². The summed E-state index contributed by atoms with van der Waals surface area (Å²) in [6.07, 6.45) is 1.84. The number of rotatable bonds is 2. The van der Waals surface area contributed by atoms with Gasteiger partial charge in [0, 0.05) is 23.9 Å². The summed E-state index contributed by atoms with van der Waals surface area (Å²) in [5, 5.41) is 13.7. The molecule has 0 bridgehead atoms. The molecule has 0 saturated heterocycles. The van der Waals surface area contributed by atoms with Crippen molar-refractivity contribution >= 4 is 39.1 Å². The topological polar surface area (TPSA) is 71.2 Å². The highest BCUT2D eigenvalue weighted by molar-refractivity contribution is 14.1. The summed E-state index contributed by atoms with van der Waals surface area (Å²) in [6.45, 7) is 0.940. The van der Waals surface area contributed by atoms with Gasteiger partial charge in [0.05, 0.1) is 9.26 Å². The van der Waals surface area contributed by atoms with Crippen molar-refractivity contribution < 1.29 is 5.11 Å². The minimum absolute atomic E-state index is 0.277. The van der Waals surface area contributed by atoms with Crippen molar-refractivity contribution in [3.63, 3.8) is 0 Å². The fourth-order valence-electron chi connectivity index (χ4n) is 2.37. The van der Waals surface area contributed by atoms with E-state index < -0.39 is 0 Å². The lowest BCUT2D eigenvalue weighted by Crippen LogP contribution is -2.30. The summed E-state index contributed by atoms with van der Waals surface area (Å²) in [4.78, 5) is 5.65. The molecule has 0 radical (unpaired) electrons. The first-order valence-electron chi connectivity index (χ1n) is 6.09. The third-order valence-corrected chi connectivity index (χ3v) is 5.17. The van der Waals surface area contributed by atoms with Gasteiger partial charge in [-0.25, -0.2) is 4.98 Å². The molecule has 1 aliphatic heterocycles. The van der Waals surface area contributed by atoms with Gasteiger partial charge in [0.25, 0.3) is 0 Å². The third kappa shape index (κ3) is 2.70. The first kappa shape index (κ1) is 13.1. The van der Waals surface area contributed by atoms with Gasteiger partial charge >= 0.3 is 0 Å². The molecule has 1 aromatic heterocycles. The van der Waals surface area contributed by atoms with Crippen molar-refractivity contribution in [3.8, 4) is 5.75 Å². The number of nitrogen functional groups attached to an aromatic ring is 1. The number of aromatic hydroxyl groups is 1. The van der Waals surface area contributed by atoms with Crippen LogP contribution in [0, 0.1) is 3.57 Å². The molecule has 0 spiro atoms. The molecule has 1 aliphatic rings. The number of nitrogens with one attached hydrogen (secondary N) is 1. The second kappa shape index (κ2) is 5.26. The van der Waals surface area contributed by atoms with E-state index in [0.717, 1.165) is 28.7 Å². The minimum Gasteiger partial charge on any atom is -0.507 e. The first-order chi connectivity index (χ1) is 9.13. The molecule has 0 aliphatic carbocycles. The second-order valence-electron chi connectivity index (χ2n) is 4.61. The molecule has 0 fully saturated rings. The maximum Gasteiger partial charge on any atom is 0.180 e. The lowest BCUT2D eigenvalue weighted by atomic mass is 10.00. The molecule has 100 valence electrons. The molecule has 19 heavy (non-hydrogen) atoms. The van der Waals surface area contributed by atoms with Gasteiger partial charge in [-0.3, -0.25) is 0 Å². The molecule has 2 aromatic rings. The van der Waals surface area contributed by atoms with Gasteiger partial charge in [0.2, 0.25) is 0 Å². The first-order valence-corrected chi connectivity index (χ1v) is 7.99. The number of fused-ring (bicyclic) bond motifs is 1. The van der Waals surface area contributed by atoms with Crippen molar-refractivity contribution in [1.82, 2.24) is 10.3 Å². The van der Waals surface area contributed by atoms with E-state index in [1.54, 1.807) is 17.4 Å². The largest absolute Gasteiger partial charge is 0.507 e. The Morgan fingerprint density at radius 2 is 2.37 bits per heavy atom. The van der Waals surface area contributed by atoms with Crippen LogP contribution in [0.25, 0.3) is 0 Å². The number of nitrogens with two attached hydrogens (primary N) is 1. The lowest BCUT2D eigenvalue weighted by molar-refractivity contribution is 0.470. The highest BCUT2D eigenvalue weighted by Crippen LogP contribution is 2.33. The van der Waals surface area contributed by atoms with E-state index in [-0.39, 0.29) is 6.04 Å². The van der Waals surface area contributed by atoms with E-state index in [0.29, 0.717) is 10.9 Å². The molecule has 4 nitrogen and oxygen atoms in total. The monoisotopic (exact) mass is 387 g/mol. The molecule has 1 atom stereocenters. The summed E-state index contributed by atoms with van der Waals surface area (Å²) in [5.41, 5.74) is 8.15. The lowest BCUT2D eigenvalue weighted by Gasteiger charge is -2.23. The quantitative estimate of drug-likeness (QED) is 0.693. The number of thiazole rings is 1. The molecule has 1 unspecified atom stereocenters. The Bertz CT molecular complexity index is 614. The molecular weight excluding hydrogens is 373 g/mol. The Labute approximate surface area is 129 Å². The molecule has 0 saturated carbocycles. The average molecular weight is 387 g/mol. The fourth-order valence-corrected chi connectivity index (χ4v) is 3.90. The summed E-state index contributed by atoms with van der Waals surface area (Å²) in [7, 11) is 0. The predicted molar refractivity (Wildman–Crippen MR) is 85.5 cm³/mol. The third-order valence-electron chi connectivity index (χ3n) is 3.27. The molecule has 2 heterocycles. The number of halogens is 1. The Balaban J connectivity index is 1.86. The minimum atomic E-state index is 0.277. The number of hydrogen-bond donors (Lipinski definition) is 3. The van der Waals surface area contributed by atoms with Crippen molar-refractivity contribution in [1.29, 1.82) is 0 Å². The van der Waals surface area contributed by atoms with Crippen molar-refractivity contribution in [2.75, 3.05) is 12.3 Å². The SMILES string of the molecule is Nc1nc2c(s1)C(Cc1ccc(O)c(I)c1)NCC2. The molecular formula is C13H14IN3OS. The number of nitrogens with zero attached hydrogens (tertiary/aromatic N) is 1. The van der Waals surface area contributed by atoms with E-state index in [1.165, 1.54) is 10.4 Å². The van der Waals surface area contributed by atoms with Gasteiger partial charge in [-0.1, -0.05) is 6.07 Å².